The van der Waals surface area contributed by atoms with Gasteiger partial charge in [-0.1, -0.05) is 29.8 Å². The molecule has 1 rings (SSSR count). The molecule has 0 saturated heterocycles. The fraction of sp³-hybridized carbons (Fsp3) is 0.538. The highest BCUT2D eigenvalue weighted by Gasteiger charge is 2.02. The standard InChI is InChI=1S/C13H21BrN2O/c1-3-16(4-2)5-6-17-13-8-11(10-15)7-12(14)9-13/h7-9H,3-6,10,15H2,1-2H3. The van der Waals surface area contributed by atoms with Gasteiger partial charge in [-0.05, 0) is 36.9 Å². The molecule has 0 unspecified atom stereocenters. The lowest BCUT2D eigenvalue weighted by molar-refractivity contribution is 0.222. The molecule has 0 aliphatic heterocycles. The summed E-state index contributed by atoms with van der Waals surface area (Å²) in [5, 5.41) is 0. The van der Waals surface area contributed by atoms with Crippen LogP contribution in [-0.4, -0.2) is 31.1 Å². The number of ether oxygens (including phenoxy) is 1. The zero-order valence-electron chi connectivity index (χ0n) is 10.6. The van der Waals surface area contributed by atoms with Gasteiger partial charge < -0.3 is 15.4 Å². The zero-order valence-corrected chi connectivity index (χ0v) is 12.2. The van der Waals surface area contributed by atoms with Crippen molar-refractivity contribution in [3.63, 3.8) is 0 Å². The number of benzene rings is 1. The van der Waals surface area contributed by atoms with Crippen molar-refractivity contribution < 1.29 is 4.74 Å². The van der Waals surface area contributed by atoms with Gasteiger partial charge in [-0.25, -0.2) is 0 Å². The molecule has 0 radical (unpaired) electrons. The Labute approximate surface area is 112 Å². The van der Waals surface area contributed by atoms with Crippen LogP contribution >= 0.6 is 15.9 Å². The van der Waals surface area contributed by atoms with Crippen molar-refractivity contribution >= 4 is 15.9 Å². The SMILES string of the molecule is CCN(CC)CCOc1cc(Br)cc(CN)c1. The number of nitrogens with zero attached hydrogens (tertiary/aromatic N) is 1. The predicted octanol–water partition coefficient (Wildman–Crippen LogP) is 2.63. The van der Waals surface area contributed by atoms with Gasteiger partial charge in [0.2, 0.25) is 0 Å². The fourth-order valence-corrected chi connectivity index (χ4v) is 2.17. The Morgan fingerprint density at radius 2 is 1.94 bits per heavy atom. The summed E-state index contributed by atoms with van der Waals surface area (Å²) in [6.07, 6.45) is 0. The van der Waals surface area contributed by atoms with Crippen molar-refractivity contribution in [2.24, 2.45) is 5.73 Å². The highest BCUT2D eigenvalue weighted by atomic mass is 79.9. The third-order valence-electron chi connectivity index (χ3n) is 2.74. The van der Waals surface area contributed by atoms with E-state index in [1.54, 1.807) is 0 Å². The summed E-state index contributed by atoms with van der Waals surface area (Å²) in [5.41, 5.74) is 6.70. The quantitative estimate of drug-likeness (QED) is 0.841. The lowest BCUT2D eigenvalue weighted by Gasteiger charge is -2.18. The monoisotopic (exact) mass is 300 g/mol. The van der Waals surface area contributed by atoms with Crippen LogP contribution in [0.2, 0.25) is 0 Å². The van der Waals surface area contributed by atoms with E-state index in [4.69, 9.17) is 10.5 Å². The Balaban J connectivity index is 2.48. The van der Waals surface area contributed by atoms with Crippen LogP contribution < -0.4 is 10.5 Å². The molecule has 0 atom stereocenters. The van der Waals surface area contributed by atoms with Crippen molar-refractivity contribution in [1.29, 1.82) is 0 Å². The molecule has 0 aromatic heterocycles. The molecule has 17 heavy (non-hydrogen) atoms. The minimum Gasteiger partial charge on any atom is -0.492 e. The molecule has 0 spiro atoms. The van der Waals surface area contributed by atoms with Crippen LogP contribution in [0.25, 0.3) is 0 Å². The first kappa shape index (κ1) is 14.5. The zero-order chi connectivity index (χ0) is 12.7. The fourth-order valence-electron chi connectivity index (χ4n) is 1.65. The summed E-state index contributed by atoms with van der Waals surface area (Å²) >= 11 is 3.46. The molecule has 0 fully saturated rings. The molecule has 96 valence electrons. The maximum atomic E-state index is 5.74. The Morgan fingerprint density at radius 1 is 1.24 bits per heavy atom. The van der Waals surface area contributed by atoms with Crippen LogP contribution in [-0.2, 0) is 6.54 Å². The molecule has 1 aromatic rings. The number of nitrogens with two attached hydrogens (primary N) is 1. The van der Waals surface area contributed by atoms with Gasteiger partial charge in [-0.15, -0.1) is 0 Å². The van der Waals surface area contributed by atoms with E-state index in [-0.39, 0.29) is 0 Å². The van der Waals surface area contributed by atoms with Crippen molar-refractivity contribution in [3.8, 4) is 5.75 Å². The van der Waals surface area contributed by atoms with Crippen LogP contribution in [0.4, 0.5) is 0 Å². The molecular formula is C13H21BrN2O. The molecule has 3 nitrogen and oxygen atoms in total. The molecule has 4 heteroatoms. The second-order valence-electron chi connectivity index (χ2n) is 3.87. The van der Waals surface area contributed by atoms with Gasteiger partial charge in [0, 0.05) is 17.6 Å². The van der Waals surface area contributed by atoms with E-state index in [1.807, 2.05) is 18.2 Å². The minimum absolute atomic E-state index is 0.534. The van der Waals surface area contributed by atoms with Crippen LogP contribution in [0.5, 0.6) is 5.75 Å². The maximum absolute atomic E-state index is 5.74. The van der Waals surface area contributed by atoms with Crippen LogP contribution in [0, 0.1) is 0 Å². The summed E-state index contributed by atoms with van der Waals surface area (Å²) in [7, 11) is 0. The van der Waals surface area contributed by atoms with Crippen molar-refractivity contribution in [1.82, 2.24) is 4.90 Å². The highest BCUT2D eigenvalue weighted by molar-refractivity contribution is 9.10. The summed E-state index contributed by atoms with van der Waals surface area (Å²) in [4.78, 5) is 2.34. The van der Waals surface area contributed by atoms with Crippen LogP contribution in [0.15, 0.2) is 22.7 Å². The lowest BCUT2D eigenvalue weighted by atomic mass is 10.2. The largest absolute Gasteiger partial charge is 0.492 e. The number of hydrogen-bond donors (Lipinski definition) is 1. The van der Waals surface area contributed by atoms with E-state index in [0.29, 0.717) is 13.2 Å². The van der Waals surface area contributed by atoms with Gasteiger partial charge in [0.05, 0.1) is 0 Å². The Morgan fingerprint density at radius 3 is 2.53 bits per heavy atom. The van der Waals surface area contributed by atoms with E-state index >= 15 is 0 Å². The average molecular weight is 301 g/mol. The van der Waals surface area contributed by atoms with Crippen molar-refractivity contribution in [2.45, 2.75) is 20.4 Å². The first-order valence-corrected chi connectivity index (χ1v) is 6.83. The predicted molar refractivity (Wildman–Crippen MR) is 75.3 cm³/mol. The first-order valence-electron chi connectivity index (χ1n) is 6.04. The lowest BCUT2D eigenvalue weighted by Crippen LogP contribution is -2.27. The number of likely N-dealkylation sites (N-methyl/N-ethyl adjacent to an activating group) is 1. The van der Waals surface area contributed by atoms with E-state index in [9.17, 15) is 0 Å². The smallest absolute Gasteiger partial charge is 0.120 e. The molecule has 0 amide bonds. The summed E-state index contributed by atoms with van der Waals surface area (Å²) in [6, 6.07) is 5.98. The van der Waals surface area contributed by atoms with E-state index in [0.717, 1.165) is 35.4 Å². The number of halogens is 1. The van der Waals surface area contributed by atoms with Crippen LogP contribution in [0.3, 0.4) is 0 Å². The molecule has 2 N–H and O–H groups in total. The topological polar surface area (TPSA) is 38.5 Å². The van der Waals surface area contributed by atoms with E-state index in [1.165, 1.54) is 0 Å². The van der Waals surface area contributed by atoms with Crippen LogP contribution in [0.1, 0.15) is 19.4 Å². The second kappa shape index (κ2) is 7.69. The van der Waals surface area contributed by atoms with Gasteiger partial charge in [-0.2, -0.15) is 0 Å². The molecule has 0 heterocycles. The Bertz CT molecular complexity index is 340. The number of hydrogen-bond acceptors (Lipinski definition) is 3. The Hall–Kier alpha value is -0.580. The van der Waals surface area contributed by atoms with Gasteiger partial charge in [-0.3, -0.25) is 0 Å². The van der Waals surface area contributed by atoms with E-state index in [2.05, 4.69) is 34.7 Å². The second-order valence-corrected chi connectivity index (χ2v) is 4.79. The molecule has 0 bridgehead atoms. The third-order valence-corrected chi connectivity index (χ3v) is 3.20. The van der Waals surface area contributed by atoms with E-state index < -0.39 is 0 Å². The molecule has 0 aliphatic carbocycles. The van der Waals surface area contributed by atoms with Gasteiger partial charge in [0.15, 0.2) is 0 Å². The van der Waals surface area contributed by atoms with Gasteiger partial charge in [0.1, 0.15) is 12.4 Å². The third kappa shape index (κ3) is 5.06. The van der Waals surface area contributed by atoms with Gasteiger partial charge >= 0.3 is 0 Å². The normalized spacial score (nSPS) is 10.9. The highest BCUT2D eigenvalue weighted by Crippen LogP contribution is 2.21. The average Bonchev–Trinajstić information content (AvgIpc) is 2.34. The van der Waals surface area contributed by atoms with Crippen molar-refractivity contribution in [3.05, 3.63) is 28.2 Å². The maximum Gasteiger partial charge on any atom is 0.120 e. The summed E-state index contributed by atoms with van der Waals surface area (Å²) < 4.78 is 6.75. The summed E-state index contributed by atoms with van der Waals surface area (Å²) in [5.74, 6) is 0.881. The van der Waals surface area contributed by atoms with Gasteiger partial charge in [0.25, 0.3) is 0 Å². The minimum atomic E-state index is 0.534. The number of rotatable bonds is 7. The molecule has 0 aliphatic rings. The molecule has 0 saturated carbocycles. The summed E-state index contributed by atoms with van der Waals surface area (Å²) in [6.45, 7) is 8.65. The first-order chi connectivity index (χ1) is 8.19. The Kier molecular flexibility index (Phi) is 6.55. The van der Waals surface area contributed by atoms with Crippen molar-refractivity contribution in [2.75, 3.05) is 26.2 Å². The molecular weight excluding hydrogens is 280 g/mol. The molecule has 1 aromatic carbocycles.